The van der Waals surface area contributed by atoms with E-state index < -0.39 is 23.2 Å². The van der Waals surface area contributed by atoms with Crippen LogP contribution in [0.4, 0.5) is 10.1 Å². The van der Waals surface area contributed by atoms with E-state index in [4.69, 9.17) is 4.74 Å². The predicted octanol–water partition coefficient (Wildman–Crippen LogP) is 0.699. The fourth-order valence-corrected chi connectivity index (χ4v) is 5.64. The molecule has 1 spiro atoms. The van der Waals surface area contributed by atoms with E-state index in [1.165, 1.54) is 30.2 Å². The van der Waals surface area contributed by atoms with Crippen molar-refractivity contribution in [3.63, 3.8) is 0 Å². The first-order valence-corrected chi connectivity index (χ1v) is 9.24. The lowest BCUT2D eigenvalue weighted by Crippen LogP contribution is -2.54. The van der Waals surface area contributed by atoms with Crippen molar-refractivity contribution in [2.24, 2.45) is 11.8 Å². The second-order valence-electron chi connectivity index (χ2n) is 7.64. The van der Waals surface area contributed by atoms with Gasteiger partial charge >= 0.3 is 0 Å². The minimum Gasteiger partial charge on any atom is -0.383 e. The highest BCUT2D eigenvalue weighted by Crippen LogP contribution is 2.60. The van der Waals surface area contributed by atoms with Gasteiger partial charge in [-0.3, -0.25) is 24.2 Å². The van der Waals surface area contributed by atoms with Crippen LogP contribution >= 0.6 is 0 Å². The summed E-state index contributed by atoms with van der Waals surface area (Å²) < 4.78 is 19.1. The molecule has 4 heterocycles. The van der Waals surface area contributed by atoms with E-state index in [0.29, 0.717) is 17.8 Å². The van der Waals surface area contributed by atoms with E-state index in [1.807, 2.05) is 4.90 Å². The summed E-state index contributed by atoms with van der Waals surface area (Å²) in [6, 6.07) is 3.97. The number of ether oxygens (including phenoxy) is 1. The van der Waals surface area contributed by atoms with Crippen LogP contribution in [0.3, 0.4) is 0 Å². The van der Waals surface area contributed by atoms with Gasteiger partial charge < -0.3 is 10.1 Å². The van der Waals surface area contributed by atoms with Crippen molar-refractivity contribution in [2.45, 2.75) is 24.4 Å². The Labute approximate surface area is 155 Å². The van der Waals surface area contributed by atoms with Crippen molar-refractivity contribution in [3.05, 3.63) is 29.6 Å². The number of carbonyl (C=O) groups is 3. The maximum Gasteiger partial charge on any atom is 0.250 e. The summed E-state index contributed by atoms with van der Waals surface area (Å²) in [6.07, 6.45) is 1.59. The van der Waals surface area contributed by atoms with Crippen molar-refractivity contribution in [3.8, 4) is 0 Å². The Kier molecular flexibility index (Phi) is 3.48. The molecule has 1 aromatic carbocycles. The third-order valence-corrected chi connectivity index (χ3v) is 6.56. The number of nitrogens with one attached hydrogen (secondary N) is 1. The summed E-state index contributed by atoms with van der Waals surface area (Å²) in [5.74, 6) is -2.79. The van der Waals surface area contributed by atoms with Crippen molar-refractivity contribution >= 4 is 23.4 Å². The number of nitrogens with zero attached hydrogens (tertiary/aromatic N) is 2. The zero-order valence-electron chi connectivity index (χ0n) is 14.9. The number of hydrogen-bond acceptors (Lipinski definition) is 5. The molecule has 3 amide bonds. The standard InChI is InChI=1S/C19H20FN3O4/c1-27-8-7-22-16(24)14-13-3-2-6-23(13)19(15(14)17(22)25)11-9-10(20)4-5-12(11)21-18(19)26/h4-5,9,13-15H,2-3,6-8H2,1H3,(H,21,26)/t13-,14+,15-,19-/m0/s1. The summed E-state index contributed by atoms with van der Waals surface area (Å²) in [6.45, 7) is 1.02. The van der Waals surface area contributed by atoms with Gasteiger partial charge in [0, 0.05) is 24.4 Å². The number of imide groups is 1. The lowest BCUT2D eigenvalue weighted by molar-refractivity contribution is -0.146. The van der Waals surface area contributed by atoms with Crippen molar-refractivity contribution in [1.29, 1.82) is 0 Å². The van der Waals surface area contributed by atoms with Crippen LogP contribution in [0.2, 0.25) is 0 Å². The van der Waals surface area contributed by atoms with Gasteiger partial charge in [0.05, 0.1) is 25.0 Å². The smallest absolute Gasteiger partial charge is 0.250 e. The first-order chi connectivity index (χ1) is 13.0. The molecular formula is C19H20FN3O4. The molecule has 0 radical (unpaired) electrons. The molecule has 0 saturated carbocycles. The Morgan fingerprint density at radius 2 is 2.11 bits per heavy atom. The second-order valence-corrected chi connectivity index (χ2v) is 7.64. The number of halogens is 1. The van der Waals surface area contributed by atoms with Crippen LogP contribution in [0.5, 0.6) is 0 Å². The molecule has 0 unspecified atom stereocenters. The normalized spacial score (nSPS) is 34.4. The number of carbonyl (C=O) groups excluding carboxylic acids is 3. The van der Waals surface area contributed by atoms with Crippen LogP contribution in [0.15, 0.2) is 18.2 Å². The fraction of sp³-hybridized carbons (Fsp3) is 0.526. The van der Waals surface area contributed by atoms with Gasteiger partial charge in [0.2, 0.25) is 17.7 Å². The second kappa shape index (κ2) is 5.59. The number of amides is 3. The molecule has 7 nitrogen and oxygen atoms in total. The molecule has 1 N–H and O–H groups in total. The van der Waals surface area contributed by atoms with E-state index in [2.05, 4.69) is 5.32 Å². The molecular weight excluding hydrogens is 353 g/mol. The summed E-state index contributed by atoms with van der Waals surface area (Å²) in [5, 5.41) is 2.82. The van der Waals surface area contributed by atoms with Gasteiger partial charge in [0.1, 0.15) is 11.4 Å². The third-order valence-electron chi connectivity index (χ3n) is 6.56. The van der Waals surface area contributed by atoms with Crippen LogP contribution in [0.1, 0.15) is 18.4 Å². The van der Waals surface area contributed by atoms with E-state index in [9.17, 15) is 18.8 Å². The number of rotatable bonds is 3. The van der Waals surface area contributed by atoms with Crippen LogP contribution in [0.25, 0.3) is 0 Å². The first-order valence-electron chi connectivity index (χ1n) is 9.24. The van der Waals surface area contributed by atoms with Gasteiger partial charge in [-0.05, 0) is 37.6 Å². The number of benzene rings is 1. The van der Waals surface area contributed by atoms with Crippen LogP contribution in [-0.4, -0.2) is 60.4 Å². The number of fused-ring (bicyclic) bond motifs is 7. The first kappa shape index (κ1) is 16.8. The van der Waals surface area contributed by atoms with E-state index >= 15 is 0 Å². The van der Waals surface area contributed by atoms with E-state index in [1.54, 1.807) is 0 Å². The predicted molar refractivity (Wildman–Crippen MR) is 92.0 cm³/mol. The molecule has 3 fully saturated rings. The molecule has 0 aromatic heterocycles. The Bertz CT molecular complexity index is 875. The number of likely N-dealkylation sites (tertiary alicyclic amines) is 1. The Morgan fingerprint density at radius 3 is 2.89 bits per heavy atom. The van der Waals surface area contributed by atoms with Gasteiger partial charge in [-0.2, -0.15) is 0 Å². The van der Waals surface area contributed by atoms with Crippen molar-refractivity contribution < 1.29 is 23.5 Å². The van der Waals surface area contributed by atoms with Gasteiger partial charge in [0.15, 0.2) is 0 Å². The average molecular weight is 373 g/mol. The highest BCUT2D eigenvalue weighted by molar-refractivity contribution is 6.15. The molecule has 5 rings (SSSR count). The number of methoxy groups -OCH3 is 1. The highest BCUT2D eigenvalue weighted by Gasteiger charge is 2.74. The quantitative estimate of drug-likeness (QED) is 0.789. The van der Waals surface area contributed by atoms with Crippen LogP contribution in [0, 0.1) is 17.7 Å². The molecule has 8 heteroatoms. The minimum atomic E-state index is -1.31. The lowest BCUT2D eigenvalue weighted by Gasteiger charge is -2.36. The highest BCUT2D eigenvalue weighted by atomic mass is 19.1. The Hall–Kier alpha value is -2.32. The molecule has 0 aliphatic carbocycles. The summed E-state index contributed by atoms with van der Waals surface area (Å²) in [5.41, 5.74) is -0.317. The summed E-state index contributed by atoms with van der Waals surface area (Å²) >= 11 is 0. The largest absolute Gasteiger partial charge is 0.383 e. The van der Waals surface area contributed by atoms with Gasteiger partial charge in [-0.1, -0.05) is 0 Å². The van der Waals surface area contributed by atoms with Crippen molar-refractivity contribution in [1.82, 2.24) is 9.80 Å². The Balaban J connectivity index is 1.69. The fourth-order valence-electron chi connectivity index (χ4n) is 5.64. The van der Waals surface area contributed by atoms with Gasteiger partial charge in [-0.15, -0.1) is 0 Å². The minimum absolute atomic E-state index is 0.168. The van der Waals surface area contributed by atoms with Crippen LogP contribution in [-0.2, 0) is 24.7 Å². The molecule has 142 valence electrons. The molecule has 27 heavy (non-hydrogen) atoms. The molecule has 4 aliphatic heterocycles. The van der Waals surface area contributed by atoms with Gasteiger partial charge in [-0.25, -0.2) is 4.39 Å². The third kappa shape index (κ3) is 1.89. The average Bonchev–Trinajstić information content (AvgIpc) is 3.33. The molecule has 3 saturated heterocycles. The number of anilines is 1. The number of hydrogen-bond donors (Lipinski definition) is 1. The summed E-state index contributed by atoms with van der Waals surface area (Å²) in [7, 11) is 1.51. The molecule has 4 aliphatic rings. The zero-order chi connectivity index (χ0) is 18.9. The zero-order valence-corrected chi connectivity index (χ0v) is 14.9. The van der Waals surface area contributed by atoms with E-state index in [0.717, 1.165) is 12.8 Å². The van der Waals surface area contributed by atoms with E-state index in [-0.39, 0.29) is 36.9 Å². The maximum absolute atomic E-state index is 14.1. The van der Waals surface area contributed by atoms with Gasteiger partial charge in [0.25, 0.3) is 0 Å². The molecule has 0 bridgehead atoms. The lowest BCUT2D eigenvalue weighted by atomic mass is 9.75. The molecule has 4 atom stereocenters. The molecule has 1 aromatic rings. The van der Waals surface area contributed by atoms with Crippen molar-refractivity contribution in [2.75, 3.05) is 32.1 Å². The topological polar surface area (TPSA) is 78.9 Å². The maximum atomic E-state index is 14.1. The SMILES string of the molecule is COCCN1C(=O)[C@H]2[C@@H](C1=O)[C@@]1(C(=O)Nc3ccc(F)cc31)N1CCC[C@@H]21. The van der Waals surface area contributed by atoms with Crippen LogP contribution < -0.4 is 5.32 Å². The summed E-state index contributed by atoms with van der Waals surface area (Å²) in [4.78, 5) is 42.8. The Morgan fingerprint density at radius 1 is 1.30 bits per heavy atom. The monoisotopic (exact) mass is 373 g/mol.